The number of hydrogen-bond acceptors (Lipinski definition) is 4. The first-order chi connectivity index (χ1) is 9.24. The van der Waals surface area contributed by atoms with Gasteiger partial charge in [-0.2, -0.15) is 0 Å². The number of nitrogens with zero attached hydrogens (tertiary/aromatic N) is 2. The second kappa shape index (κ2) is 5.25. The smallest absolute Gasteiger partial charge is 0.249 e. The minimum atomic E-state index is -0.267. The number of fused-ring (bicyclic) bond motifs is 1. The van der Waals surface area contributed by atoms with Gasteiger partial charge in [-0.15, -0.1) is 0 Å². The number of amides is 1. The van der Waals surface area contributed by atoms with Crippen LogP contribution in [0.1, 0.15) is 48.8 Å². The standard InChI is InChI=1S/C14H19N3O2/c1-9-15-8-10-11(16-9)4-2-5-12(10)17-14(18)13-6-3-7-19-13/h8,12-13H,2-7H2,1H3,(H,17,18)/t12-,13-/m0/s1. The SMILES string of the molecule is Cc1ncc2c(n1)CCC[C@@H]2NC(=O)[C@@H]1CCCO1. The van der Waals surface area contributed by atoms with Crippen molar-refractivity contribution in [2.45, 2.75) is 51.2 Å². The van der Waals surface area contributed by atoms with Gasteiger partial charge in [-0.1, -0.05) is 0 Å². The lowest BCUT2D eigenvalue weighted by molar-refractivity contribution is -0.130. The van der Waals surface area contributed by atoms with Gasteiger partial charge in [0.1, 0.15) is 11.9 Å². The van der Waals surface area contributed by atoms with Crippen LogP contribution in [0.5, 0.6) is 0 Å². The molecule has 1 fully saturated rings. The Morgan fingerprint density at radius 1 is 1.42 bits per heavy atom. The molecule has 0 aromatic carbocycles. The van der Waals surface area contributed by atoms with E-state index in [0.717, 1.165) is 49.2 Å². The minimum absolute atomic E-state index is 0.0101. The molecule has 0 bridgehead atoms. The predicted octanol–water partition coefficient (Wildman–Crippen LogP) is 1.46. The van der Waals surface area contributed by atoms with Crippen LogP contribution in [0.4, 0.5) is 0 Å². The molecule has 5 nitrogen and oxygen atoms in total. The number of rotatable bonds is 2. The van der Waals surface area contributed by atoms with Crippen molar-refractivity contribution in [2.24, 2.45) is 0 Å². The Morgan fingerprint density at radius 3 is 3.11 bits per heavy atom. The third-order valence-corrected chi connectivity index (χ3v) is 3.84. The Labute approximate surface area is 112 Å². The molecule has 1 aromatic rings. The molecule has 19 heavy (non-hydrogen) atoms. The highest BCUT2D eigenvalue weighted by Gasteiger charge is 2.28. The molecular formula is C14H19N3O2. The maximum absolute atomic E-state index is 12.1. The lowest BCUT2D eigenvalue weighted by Gasteiger charge is -2.26. The Bertz CT molecular complexity index is 484. The summed E-state index contributed by atoms with van der Waals surface area (Å²) >= 11 is 0. The maximum atomic E-state index is 12.1. The van der Waals surface area contributed by atoms with Gasteiger partial charge in [0.15, 0.2) is 0 Å². The number of aryl methyl sites for hydroxylation is 2. The first kappa shape index (κ1) is 12.5. The van der Waals surface area contributed by atoms with Crippen LogP contribution < -0.4 is 5.32 Å². The predicted molar refractivity (Wildman–Crippen MR) is 69.6 cm³/mol. The van der Waals surface area contributed by atoms with Crippen LogP contribution in [-0.4, -0.2) is 28.6 Å². The first-order valence-electron chi connectivity index (χ1n) is 6.98. The van der Waals surface area contributed by atoms with E-state index in [1.165, 1.54) is 0 Å². The molecule has 0 radical (unpaired) electrons. The molecule has 3 rings (SSSR count). The van der Waals surface area contributed by atoms with E-state index in [1.54, 1.807) is 0 Å². The number of carbonyl (C=O) groups is 1. The van der Waals surface area contributed by atoms with Gasteiger partial charge in [0.25, 0.3) is 0 Å². The van der Waals surface area contributed by atoms with Crippen molar-refractivity contribution in [1.29, 1.82) is 0 Å². The van der Waals surface area contributed by atoms with Crippen LogP contribution in [0, 0.1) is 6.92 Å². The van der Waals surface area contributed by atoms with Crippen molar-refractivity contribution in [3.63, 3.8) is 0 Å². The monoisotopic (exact) mass is 261 g/mol. The lowest BCUT2D eigenvalue weighted by atomic mass is 9.92. The van der Waals surface area contributed by atoms with Gasteiger partial charge < -0.3 is 10.1 Å². The molecule has 0 spiro atoms. The van der Waals surface area contributed by atoms with Crippen LogP contribution in [0.3, 0.4) is 0 Å². The average Bonchev–Trinajstić information content (AvgIpc) is 2.92. The van der Waals surface area contributed by atoms with E-state index in [1.807, 2.05) is 13.1 Å². The quantitative estimate of drug-likeness (QED) is 0.875. The Hall–Kier alpha value is -1.49. The van der Waals surface area contributed by atoms with E-state index in [4.69, 9.17) is 4.74 Å². The van der Waals surface area contributed by atoms with Crippen molar-refractivity contribution in [1.82, 2.24) is 15.3 Å². The largest absolute Gasteiger partial charge is 0.368 e. The summed E-state index contributed by atoms with van der Waals surface area (Å²) in [5, 5.41) is 3.09. The fourth-order valence-corrected chi connectivity index (χ4v) is 2.85. The molecule has 1 aromatic heterocycles. The van der Waals surface area contributed by atoms with Gasteiger partial charge in [0.05, 0.1) is 6.04 Å². The molecule has 5 heteroatoms. The minimum Gasteiger partial charge on any atom is -0.368 e. The van der Waals surface area contributed by atoms with Crippen LogP contribution in [-0.2, 0) is 16.0 Å². The highest BCUT2D eigenvalue weighted by atomic mass is 16.5. The zero-order valence-electron chi connectivity index (χ0n) is 11.2. The van der Waals surface area contributed by atoms with Crippen molar-refractivity contribution in [3.05, 3.63) is 23.3 Å². The molecule has 0 saturated carbocycles. The summed E-state index contributed by atoms with van der Waals surface area (Å²) in [4.78, 5) is 20.8. The van der Waals surface area contributed by atoms with E-state index in [0.29, 0.717) is 6.61 Å². The maximum Gasteiger partial charge on any atom is 0.249 e. The molecule has 102 valence electrons. The molecule has 1 aliphatic heterocycles. The van der Waals surface area contributed by atoms with Gasteiger partial charge >= 0.3 is 0 Å². The summed E-state index contributed by atoms with van der Waals surface area (Å²) < 4.78 is 5.42. The molecular weight excluding hydrogens is 242 g/mol. The van der Waals surface area contributed by atoms with Gasteiger partial charge in [0.2, 0.25) is 5.91 Å². The molecule has 2 aliphatic rings. The summed E-state index contributed by atoms with van der Waals surface area (Å²) in [5.74, 6) is 0.806. The highest BCUT2D eigenvalue weighted by Crippen LogP contribution is 2.28. The number of nitrogens with one attached hydrogen (secondary N) is 1. The third kappa shape index (κ3) is 2.61. The van der Waals surface area contributed by atoms with Crippen LogP contribution in [0.15, 0.2) is 6.20 Å². The highest BCUT2D eigenvalue weighted by molar-refractivity contribution is 5.81. The van der Waals surface area contributed by atoms with Gasteiger partial charge in [0, 0.05) is 24.1 Å². The molecule has 1 amide bonds. The second-order valence-electron chi connectivity index (χ2n) is 5.27. The van der Waals surface area contributed by atoms with Crippen molar-refractivity contribution >= 4 is 5.91 Å². The van der Waals surface area contributed by atoms with Crippen LogP contribution >= 0.6 is 0 Å². The van der Waals surface area contributed by atoms with Crippen LogP contribution in [0.25, 0.3) is 0 Å². The second-order valence-corrected chi connectivity index (χ2v) is 5.27. The Morgan fingerprint density at radius 2 is 2.32 bits per heavy atom. The zero-order valence-corrected chi connectivity index (χ0v) is 11.2. The van der Waals surface area contributed by atoms with E-state index in [9.17, 15) is 4.79 Å². The fourth-order valence-electron chi connectivity index (χ4n) is 2.85. The number of aromatic nitrogens is 2. The number of hydrogen-bond donors (Lipinski definition) is 1. The Kier molecular flexibility index (Phi) is 3.46. The lowest BCUT2D eigenvalue weighted by Crippen LogP contribution is -2.38. The molecule has 2 atom stereocenters. The zero-order chi connectivity index (χ0) is 13.2. The van der Waals surface area contributed by atoms with Gasteiger partial charge in [-0.25, -0.2) is 9.97 Å². The van der Waals surface area contributed by atoms with Crippen molar-refractivity contribution < 1.29 is 9.53 Å². The van der Waals surface area contributed by atoms with E-state index in [-0.39, 0.29) is 18.1 Å². The average molecular weight is 261 g/mol. The number of ether oxygens (including phenoxy) is 1. The summed E-state index contributed by atoms with van der Waals surface area (Å²) in [6.07, 6.45) is 6.38. The molecule has 1 N–H and O–H groups in total. The van der Waals surface area contributed by atoms with Crippen LogP contribution in [0.2, 0.25) is 0 Å². The molecule has 0 unspecified atom stereocenters. The molecule has 1 saturated heterocycles. The summed E-state index contributed by atoms with van der Waals surface area (Å²) in [6, 6.07) is 0.0426. The normalized spacial score (nSPS) is 25.9. The van der Waals surface area contributed by atoms with E-state index >= 15 is 0 Å². The van der Waals surface area contributed by atoms with E-state index in [2.05, 4.69) is 15.3 Å². The van der Waals surface area contributed by atoms with E-state index < -0.39 is 0 Å². The first-order valence-corrected chi connectivity index (χ1v) is 6.98. The molecule has 1 aliphatic carbocycles. The topological polar surface area (TPSA) is 64.1 Å². The summed E-state index contributed by atoms with van der Waals surface area (Å²) in [6.45, 7) is 2.59. The Balaban J connectivity index is 1.74. The van der Waals surface area contributed by atoms with Gasteiger partial charge in [-0.3, -0.25) is 4.79 Å². The van der Waals surface area contributed by atoms with Gasteiger partial charge in [-0.05, 0) is 39.0 Å². The summed E-state index contributed by atoms with van der Waals surface area (Å²) in [5.41, 5.74) is 2.15. The molecule has 2 heterocycles. The number of carbonyl (C=O) groups excluding carboxylic acids is 1. The fraction of sp³-hybridized carbons (Fsp3) is 0.643. The summed E-state index contributed by atoms with van der Waals surface area (Å²) in [7, 11) is 0. The van der Waals surface area contributed by atoms with Crippen molar-refractivity contribution in [3.8, 4) is 0 Å². The van der Waals surface area contributed by atoms with Crippen molar-refractivity contribution in [2.75, 3.05) is 6.61 Å². The third-order valence-electron chi connectivity index (χ3n) is 3.84.